The van der Waals surface area contributed by atoms with Crippen LogP contribution in [0.3, 0.4) is 0 Å². The fourth-order valence-electron chi connectivity index (χ4n) is 2.85. The van der Waals surface area contributed by atoms with Crippen molar-refractivity contribution < 1.29 is 22.7 Å². The molecule has 9 heteroatoms. The number of halogens is 1. The van der Waals surface area contributed by atoms with Crippen LogP contribution in [0.15, 0.2) is 53.4 Å². The Hall–Kier alpha value is -2.68. The van der Waals surface area contributed by atoms with Gasteiger partial charge in [0.15, 0.2) is 9.84 Å². The molecule has 0 aliphatic carbocycles. The quantitative estimate of drug-likeness (QED) is 0.492. The highest BCUT2D eigenvalue weighted by Gasteiger charge is 2.22. The van der Waals surface area contributed by atoms with E-state index in [0.717, 1.165) is 16.7 Å². The number of hydrogen-bond acceptors (Lipinski definition) is 6. The molecule has 1 amide bonds. The van der Waals surface area contributed by atoms with Crippen molar-refractivity contribution in [2.24, 2.45) is 0 Å². The largest absolute Gasteiger partial charge is 0.462 e. The van der Waals surface area contributed by atoms with Crippen molar-refractivity contribution in [2.75, 3.05) is 18.2 Å². The van der Waals surface area contributed by atoms with E-state index in [9.17, 15) is 18.0 Å². The van der Waals surface area contributed by atoms with Crippen molar-refractivity contribution in [3.05, 3.63) is 69.6 Å². The lowest BCUT2D eigenvalue weighted by atomic mass is 10.1. The van der Waals surface area contributed by atoms with Gasteiger partial charge in [0.1, 0.15) is 4.88 Å². The zero-order valence-corrected chi connectivity index (χ0v) is 19.5. The van der Waals surface area contributed by atoms with Gasteiger partial charge in [-0.05, 0) is 55.3 Å². The summed E-state index contributed by atoms with van der Waals surface area (Å²) in [6, 6.07) is 13.1. The van der Waals surface area contributed by atoms with Crippen molar-refractivity contribution in [3.8, 4) is 10.4 Å². The third-order valence-corrected chi connectivity index (χ3v) is 6.98. The Bertz CT molecular complexity index is 1250. The summed E-state index contributed by atoms with van der Waals surface area (Å²) in [5, 5.41) is 3.32. The Morgan fingerprint density at radius 3 is 2.39 bits per heavy atom. The van der Waals surface area contributed by atoms with E-state index < -0.39 is 21.7 Å². The number of nitrogens with one attached hydrogen (secondary N) is 1. The standard InChI is InChI=1S/C22H20ClNO5S2/c1-4-29-22(26)20-18(12-19(30-20)14-6-8-15(23)9-7-14)24-21(25)17-11-16(31(3,27)28)10-5-13(17)2/h5-12H,4H2,1-3H3,(H,24,25). The number of hydrogen-bond donors (Lipinski definition) is 1. The molecule has 0 saturated heterocycles. The summed E-state index contributed by atoms with van der Waals surface area (Å²) in [5.41, 5.74) is 1.94. The maximum absolute atomic E-state index is 13.0. The van der Waals surface area contributed by atoms with E-state index in [-0.39, 0.29) is 21.9 Å². The lowest BCUT2D eigenvalue weighted by Crippen LogP contribution is -2.16. The van der Waals surface area contributed by atoms with Crippen LogP contribution in [0.4, 0.5) is 5.69 Å². The average Bonchev–Trinajstić information content (AvgIpc) is 3.12. The normalized spacial score (nSPS) is 11.2. The Balaban J connectivity index is 2.01. The molecule has 0 saturated carbocycles. The van der Waals surface area contributed by atoms with Gasteiger partial charge in [-0.15, -0.1) is 11.3 Å². The SMILES string of the molecule is CCOC(=O)c1sc(-c2ccc(Cl)cc2)cc1NC(=O)c1cc(S(C)(=O)=O)ccc1C. The molecule has 6 nitrogen and oxygen atoms in total. The Morgan fingerprint density at radius 2 is 1.77 bits per heavy atom. The van der Waals surface area contributed by atoms with Crippen LogP contribution in [0.5, 0.6) is 0 Å². The number of anilines is 1. The maximum Gasteiger partial charge on any atom is 0.350 e. The number of esters is 1. The number of carbonyl (C=O) groups excluding carboxylic acids is 2. The molecule has 0 spiro atoms. The van der Waals surface area contributed by atoms with Crippen LogP contribution in [0.1, 0.15) is 32.5 Å². The first kappa shape index (κ1) is 23.0. The molecular weight excluding hydrogens is 458 g/mol. The number of sulfone groups is 1. The minimum atomic E-state index is -3.48. The monoisotopic (exact) mass is 477 g/mol. The lowest BCUT2D eigenvalue weighted by Gasteiger charge is -2.10. The first-order valence-corrected chi connectivity index (χ1v) is 12.4. The van der Waals surface area contributed by atoms with Crippen molar-refractivity contribution in [1.29, 1.82) is 0 Å². The van der Waals surface area contributed by atoms with Gasteiger partial charge in [0.2, 0.25) is 0 Å². The third kappa shape index (κ3) is 5.33. The van der Waals surface area contributed by atoms with E-state index in [0.29, 0.717) is 16.3 Å². The van der Waals surface area contributed by atoms with Gasteiger partial charge < -0.3 is 10.1 Å². The molecule has 0 fully saturated rings. The average molecular weight is 478 g/mol. The summed E-state index contributed by atoms with van der Waals surface area (Å²) in [6.45, 7) is 3.60. The maximum atomic E-state index is 13.0. The molecule has 0 radical (unpaired) electrons. The number of rotatable bonds is 6. The second-order valence-corrected chi connectivity index (χ2v) is 10.3. The fourth-order valence-corrected chi connectivity index (χ4v) is 4.64. The van der Waals surface area contributed by atoms with Gasteiger partial charge in [0, 0.05) is 21.7 Å². The van der Waals surface area contributed by atoms with Crippen LogP contribution in [0.2, 0.25) is 5.02 Å². The summed E-state index contributed by atoms with van der Waals surface area (Å²) in [7, 11) is -3.48. The zero-order chi connectivity index (χ0) is 22.8. The number of amides is 1. The zero-order valence-electron chi connectivity index (χ0n) is 17.1. The van der Waals surface area contributed by atoms with E-state index >= 15 is 0 Å². The molecule has 31 heavy (non-hydrogen) atoms. The molecule has 0 bridgehead atoms. The topological polar surface area (TPSA) is 89.5 Å². The minimum Gasteiger partial charge on any atom is -0.462 e. The molecule has 0 atom stereocenters. The predicted molar refractivity (Wildman–Crippen MR) is 123 cm³/mol. The lowest BCUT2D eigenvalue weighted by molar-refractivity contribution is 0.0533. The summed E-state index contributed by atoms with van der Waals surface area (Å²) in [5.74, 6) is -1.07. The van der Waals surface area contributed by atoms with Gasteiger partial charge >= 0.3 is 5.97 Å². The van der Waals surface area contributed by atoms with Crippen molar-refractivity contribution in [1.82, 2.24) is 0 Å². The first-order valence-electron chi connectivity index (χ1n) is 9.29. The Morgan fingerprint density at radius 1 is 1.10 bits per heavy atom. The van der Waals surface area contributed by atoms with Gasteiger partial charge in [-0.2, -0.15) is 0 Å². The summed E-state index contributed by atoms with van der Waals surface area (Å²) in [6.07, 6.45) is 1.08. The van der Waals surface area contributed by atoms with Crippen LogP contribution in [0.25, 0.3) is 10.4 Å². The van der Waals surface area contributed by atoms with E-state index in [1.54, 1.807) is 38.1 Å². The van der Waals surface area contributed by atoms with Crippen LogP contribution < -0.4 is 5.32 Å². The van der Waals surface area contributed by atoms with Gasteiger partial charge in [0.05, 0.1) is 17.2 Å². The fraction of sp³-hybridized carbons (Fsp3) is 0.182. The van der Waals surface area contributed by atoms with Crippen LogP contribution >= 0.6 is 22.9 Å². The summed E-state index contributed by atoms with van der Waals surface area (Å²) < 4.78 is 28.9. The first-order chi connectivity index (χ1) is 14.6. The summed E-state index contributed by atoms with van der Waals surface area (Å²) >= 11 is 7.14. The number of carbonyl (C=O) groups is 2. The molecular formula is C22H20ClNO5S2. The van der Waals surface area contributed by atoms with Crippen LogP contribution in [-0.2, 0) is 14.6 Å². The van der Waals surface area contributed by atoms with Crippen molar-refractivity contribution >= 4 is 50.3 Å². The highest BCUT2D eigenvalue weighted by molar-refractivity contribution is 7.90. The molecule has 1 N–H and O–H groups in total. The van der Waals surface area contributed by atoms with E-state index in [1.165, 1.54) is 23.5 Å². The van der Waals surface area contributed by atoms with E-state index in [1.807, 2.05) is 12.1 Å². The second-order valence-electron chi connectivity index (χ2n) is 6.78. The van der Waals surface area contributed by atoms with E-state index in [4.69, 9.17) is 16.3 Å². The molecule has 3 rings (SSSR count). The third-order valence-electron chi connectivity index (χ3n) is 4.45. The highest BCUT2D eigenvalue weighted by Crippen LogP contribution is 2.36. The molecule has 162 valence electrons. The number of benzene rings is 2. The van der Waals surface area contributed by atoms with Crippen molar-refractivity contribution in [2.45, 2.75) is 18.7 Å². The number of ether oxygens (including phenoxy) is 1. The minimum absolute atomic E-state index is 0.0426. The van der Waals surface area contributed by atoms with Gasteiger partial charge in [-0.3, -0.25) is 4.79 Å². The predicted octanol–water partition coefficient (Wildman–Crippen LogP) is 5.21. The molecule has 3 aromatic rings. The van der Waals surface area contributed by atoms with Crippen molar-refractivity contribution in [3.63, 3.8) is 0 Å². The van der Waals surface area contributed by atoms with Gasteiger partial charge in [-0.1, -0.05) is 29.8 Å². The number of aryl methyl sites for hydroxylation is 1. The van der Waals surface area contributed by atoms with Gasteiger partial charge in [0.25, 0.3) is 5.91 Å². The molecule has 1 aromatic heterocycles. The molecule has 2 aromatic carbocycles. The number of thiophene rings is 1. The van der Waals surface area contributed by atoms with Crippen LogP contribution in [-0.4, -0.2) is 33.2 Å². The molecule has 0 unspecified atom stereocenters. The van der Waals surface area contributed by atoms with Crippen LogP contribution in [0, 0.1) is 6.92 Å². The second kappa shape index (κ2) is 9.21. The highest BCUT2D eigenvalue weighted by atomic mass is 35.5. The molecule has 0 aliphatic rings. The van der Waals surface area contributed by atoms with Gasteiger partial charge in [-0.25, -0.2) is 13.2 Å². The van der Waals surface area contributed by atoms with E-state index in [2.05, 4.69) is 5.32 Å². The Labute approximate surface area is 189 Å². The summed E-state index contributed by atoms with van der Waals surface area (Å²) in [4.78, 5) is 26.5. The Kier molecular flexibility index (Phi) is 6.83. The molecule has 1 heterocycles. The smallest absolute Gasteiger partial charge is 0.350 e. The molecule has 0 aliphatic heterocycles.